The third kappa shape index (κ3) is 2.41. The Hall–Kier alpha value is -2.37. The average molecular weight is 234 g/mol. The van der Waals surface area contributed by atoms with Crippen LogP contribution in [0.2, 0.25) is 0 Å². The van der Waals surface area contributed by atoms with E-state index in [1.54, 1.807) is 17.0 Å². The Bertz CT molecular complexity index is 465. The number of rotatable bonds is 2. The smallest absolute Gasteiger partial charge is 0.335 e. The summed E-state index contributed by atoms with van der Waals surface area (Å²) in [6.45, 7) is 0.191. The van der Waals surface area contributed by atoms with Crippen molar-refractivity contribution in [3.63, 3.8) is 0 Å². The fourth-order valence-electron chi connectivity index (χ4n) is 1.63. The predicted molar refractivity (Wildman–Crippen MR) is 58.8 cm³/mol. The first-order valence-electron chi connectivity index (χ1n) is 4.97. The summed E-state index contributed by atoms with van der Waals surface area (Å²) in [5, 5.41) is 10.9. The highest BCUT2D eigenvalue weighted by atomic mass is 16.4. The molecule has 1 aromatic rings. The largest absolute Gasteiger partial charge is 0.478 e. The molecule has 6 nitrogen and oxygen atoms in total. The van der Waals surface area contributed by atoms with Crippen molar-refractivity contribution in [3.05, 3.63) is 29.8 Å². The maximum atomic E-state index is 11.2. The molecule has 2 rings (SSSR count). The van der Waals surface area contributed by atoms with Crippen LogP contribution in [0.5, 0.6) is 0 Å². The van der Waals surface area contributed by atoms with Crippen LogP contribution in [0.15, 0.2) is 24.3 Å². The van der Waals surface area contributed by atoms with Gasteiger partial charge in [0.15, 0.2) is 0 Å². The Labute approximate surface area is 96.8 Å². The van der Waals surface area contributed by atoms with Gasteiger partial charge in [0.05, 0.1) is 18.7 Å². The van der Waals surface area contributed by atoms with E-state index in [1.165, 1.54) is 12.1 Å². The number of nitrogens with one attached hydrogen (secondary N) is 1. The lowest BCUT2D eigenvalue weighted by molar-refractivity contribution is -0.130. The standard InChI is InChI=1S/C11H10N2O4/c14-9-5-13(6-10(15)12-9)8-3-1-7(2-4-8)11(16)17/h1-4H,5-6H2,(H,16,17)(H,12,14,15). The van der Waals surface area contributed by atoms with E-state index in [0.29, 0.717) is 5.69 Å². The Morgan fingerprint density at radius 2 is 1.65 bits per heavy atom. The van der Waals surface area contributed by atoms with Gasteiger partial charge in [-0.2, -0.15) is 0 Å². The van der Waals surface area contributed by atoms with Gasteiger partial charge in [-0.3, -0.25) is 14.9 Å². The molecule has 1 aliphatic heterocycles. The van der Waals surface area contributed by atoms with Crippen molar-refractivity contribution in [3.8, 4) is 0 Å². The molecule has 1 aliphatic rings. The molecule has 0 bridgehead atoms. The molecule has 0 unspecified atom stereocenters. The number of piperazine rings is 1. The average Bonchev–Trinajstić information content (AvgIpc) is 2.28. The normalized spacial score (nSPS) is 15.6. The van der Waals surface area contributed by atoms with Crippen molar-refractivity contribution in [1.82, 2.24) is 5.32 Å². The molecule has 88 valence electrons. The van der Waals surface area contributed by atoms with Gasteiger partial charge < -0.3 is 10.0 Å². The quantitative estimate of drug-likeness (QED) is 0.695. The topological polar surface area (TPSA) is 86.7 Å². The van der Waals surface area contributed by atoms with Gasteiger partial charge in [0.1, 0.15) is 0 Å². The van der Waals surface area contributed by atoms with Crippen LogP contribution in [-0.2, 0) is 9.59 Å². The number of carboxylic acid groups (broad SMARTS) is 1. The van der Waals surface area contributed by atoms with Crippen LogP contribution >= 0.6 is 0 Å². The number of aromatic carboxylic acids is 1. The molecule has 0 aliphatic carbocycles. The Balaban J connectivity index is 2.19. The lowest BCUT2D eigenvalue weighted by Crippen LogP contribution is -2.51. The summed E-state index contributed by atoms with van der Waals surface area (Å²) in [6.07, 6.45) is 0. The van der Waals surface area contributed by atoms with Crippen molar-refractivity contribution in [2.75, 3.05) is 18.0 Å². The Kier molecular flexibility index (Phi) is 2.78. The first-order chi connectivity index (χ1) is 8.06. The maximum Gasteiger partial charge on any atom is 0.335 e. The van der Waals surface area contributed by atoms with Crippen molar-refractivity contribution < 1.29 is 19.5 Å². The van der Waals surface area contributed by atoms with Crippen LogP contribution < -0.4 is 10.2 Å². The number of nitrogens with zero attached hydrogens (tertiary/aromatic N) is 1. The van der Waals surface area contributed by atoms with E-state index in [-0.39, 0.29) is 30.5 Å². The molecule has 1 aromatic carbocycles. The molecule has 2 amide bonds. The van der Waals surface area contributed by atoms with Crippen molar-refractivity contribution in [2.45, 2.75) is 0 Å². The Morgan fingerprint density at radius 1 is 1.12 bits per heavy atom. The van der Waals surface area contributed by atoms with Crippen LogP contribution in [0.4, 0.5) is 5.69 Å². The minimum absolute atomic E-state index is 0.0954. The number of amides is 2. The summed E-state index contributed by atoms with van der Waals surface area (Å²) in [5.41, 5.74) is 0.819. The van der Waals surface area contributed by atoms with Gasteiger partial charge in [-0.25, -0.2) is 4.79 Å². The second-order valence-electron chi connectivity index (χ2n) is 3.68. The fraction of sp³-hybridized carbons (Fsp3) is 0.182. The second-order valence-corrected chi connectivity index (χ2v) is 3.68. The molecule has 0 radical (unpaired) electrons. The molecule has 0 spiro atoms. The number of imide groups is 1. The zero-order valence-electron chi connectivity index (χ0n) is 8.84. The van der Waals surface area contributed by atoms with E-state index < -0.39 is 5.97 Å². The summed E-state index contributed by atoms with van der Waals surface area (Å²) in [5.74, 6) is -1.73. The zero-order valence-corrected chi connectivity index (χ0v) is 8.84. The molecule has 0 saturated carbocycles. The van der Waals surface area contributed by atoms with E-state index in [0.717, 1.165) is 0 Å². The zero-order chi connectivity index (χ0) is 12.4. The molecule has 1 heterocycles. The van der Waals surface area contributed by atoms with Gasteiger partial charge in [0.25, 0.3) is 0 Å². The van der Waals surface area contributed by atoms with Crippen LogP contribution in [0.25, 0.3) is 0 Å². The number of carboxylic acids is 1. The number of hydrogen-bond donors (Lipinski definition) is 2. The number of anilines is 1. The van der Waals surface area contributed by atoms with Gasteiger partial charge >= 0.3 is 5.97 Å². The monoisotopic (exact) mass is 234 g/mol. The highest BCUT2D eigenvalue weighted by Gasteiger charge is 2.22. The van der Waals surface area contributed by atoms with E-state index in [2.05, 4.69) is 5.32 Å². The van der Waals surface area contributed by atoms with Crippen LogP contribution in [0, 0.1) is 0 Å². The van der Waals surface area contributed by atoms with Crippen LogP contribution in [0.3, 0.4) is 0 Å². The SMILES string of the molecule is O=C1CN(c2ccc(C(=O)O)cc2)CC(=O)N1. The lowest BCUT2D eigenvalue weighted by Gasteiger charge is -2.27. The van der Waals surface area contributed by atoms with Crippen molar-refractivity contribution in [1.29, 1.82) is 0 Å². The first kappa shape index (κ1) is 11.1. The van der Waals surface area contributed by atoms with Crippen molar-refractivity contribution >= 4 is 23.5 Å². The summed E-state index contributed by atoms with van der Waals surface area (Å²) in [6, 6.07) is 6.04. The number of carbonyl (C=O) groups excluding carboxylic acids is 2. The van der Waals surface area contributed by atoms with Crippen LogP contribution in [0.1, 0.15) is 10.4 Å². The van der Waals surface area contributed by atoms with Crippen molar-refractivity contribution in [2.24, 2.45) is 0 Å². The summed E-state index contributed by atoms with van der Waals surface area (Å²) < 4.78 is 0. The summed E-state index contributed by atoms with van der Waals surface area (Å²) in [7, 11) is 0. The maximum absolute atomic E-state index is 11.2. The Morgan fingerprint density at radius 3 is 2.12 bits per heavy atom. The van der Waals surface area contributed by atoms with Gasteiger partial charge in [-0.15, -0.1) is 0 Å². The molecule has 2 N–H and O–H groups in total. The van der Waals surface area contributed by atoms with Gasteiger partial charge in [0, 0.05) is 5.69 Å². The van der Waals surface area contributed by atoms with Gasteiger partial charge in [0.2, 0.25) is 11.8 Å². The first-order valence-corrected chi connectivity index (χ1v) is 4.97. The third-order valence-electron chi connectivity index (χ3n) is 2.43. The van der Waals surface area contributed by atoms with Gasteiger partial charge in [-0.05, 0) is 24.3 Å². The highest BCUT2D eigenvalue weighted by molar-refractivity contribution is 6.02. The third-order valence-corrected chi connectivity index (χ3v) is 2.43. The molecular weight excluding hydrogens is 224 g/mol. The highest BCUT2D eigenvalue weighted by Crippen LogP contribution is 2.16. The van der Waals surface area contributed by atoms with Gasteiger partial charge in [-0.1, -0.05) is 0 Å². The molecule has 0 atom stereocenters. The number of hydrogen-bond acceptors (Lipinski definition) is 4. The van der Waals surface area contributed by atoms with E-state index in [1.807, 2.05) is 0 Å². The van der Waals surface area contributed by atoms with E-state index >= 15 is 0 Å². The fourth-order valence-corrected chi connectivity index (χ4v) is 1.63. The van der Waals surface area contributed by atoms with E-state index in [4.69, 9.17) is 5.11 Å². The number of carbonyl (C=O) groups is 3. The second kappa shape index (κ2) is 4.25. The molecule has 6 heteroatoms. The minimum Gasteiger partial charge on any atom is -0.478 e. The molecule has 17 heavy (non-hydrogen) atoms. The lowest BCUT2D eigenvalue weighted by atomic mass is 10.2. The summed E-state index contributed by atoms with van der Waals surface area (Å²) >= 11 is 0. The molecule has 1 fully saturated rings. The predicted octanol–water partition coefficient (Wildman–Crippen LogP) is -0.152. The minimum atomic E-state index is -1.01. The molecule has 0 aromatic heterocycles. The van der Waals surface area contributed by atoms with Crippen LogP contribution in [-0.4, -0.2) is 36.0 Å². The number of benzene rings is 1. The molecule has 1 saturated heterocycles. The summed E-state index contributed by atoms with van der Waals surface area (Å²) in [4.78, 5) is 34.6. The molecular formula is C11H10N2O4. The van der Waals surface area contributed by atoms with E-state index in [9.17, 15) is 14.4 Å².